The van der Waals surface area contributed by atoms with Crippen LogP contribution in [0.1, 0.15) is 64.4 Å². The van der Waals surface area contributed by atoms with Gasteiger partial charge in [-0.1, -0.05) is 32.9 Å². The first-order valence-corrected chi connectivity index (χ1v) is 16.1. The van der Waals surface area contributed by atoms with E-state index in [0.29, 0.717) is 50.2 Å². The average molecular weight is 573 g/mol. The number of halogens is 1. The lowest BCUT2D eigenvalue weighted by Gasteiger charge is -2.42. The molecule has 13 heteroatoms. The molecule has 1 aliphatic carbocycles. The van der Waals surface area contributed by atoms with Crippen LogP contribution in [0.5, 0.6) is 0 Å². The first-order valence-electron chi connectivity index (χ1n) is 12.2. The van der Waals surface area contributed by atoms with E-state index in [-0.39, 0.29) is 30.6 Å². The quantitative estimate of drug-likeness (QED) is 0.0851. The summed E-state index contributed by atoms with van der Waals surface area (Å²) in [6.07, 6.45) is 2.12. The van der Waals surface area contributed by atoms with Crippen LogP contribution in [0.15, 0.2) is 24.3 Å². The maximum absolute atomic E-state index is 13.7. The lowest BCUT2D eigenvalue weighted by Crippen LogP contribution is -2.42. The Labute approximate surface area is 219 Å². The minimum atomic E-state index is -3.77. The second-order valence-electron chi connectivity index (χ2n) is 8.76. The average Bonchev–Trinajstić information content (AvgIpc) is 2.82. The molecule has 0 radical (unpaired) electrons. The van der Waals surface area contributed by atoms with Crippen molar-refractivity contribution in [1.82, 2.24) is 0 Å². The summed E-state index contributed by atoms with van der Waals surface area (Å²) in [6, 6.07) is 5.86. The van der Waals surface area contributed by atoms with Crippen molar-refractivity contribution in [3.8, 4) is 0 Å². The maximum atomic E-state index is 13.7. The van der Waals surface area contributed by atoms with E-state index < -0.39 is 44.0 Å². The third kappa shape index (κ3) is 10.5. The molecule has 0 heterocycles. The smallest absolute Gasteiger partial charge is 0.267 e. The van der Waals surface area contributed by atoms with Crippen molar-refractivity contribution >= 4 is 32.6 Å². The van der Waals surface area contributed by atoms with E-state index >= 15 is 0 Å². The highest BCUT2D eigenvalue weighted by atomic mass is 32.2. The van der Waals surface area contributed by atoms with Crippen molar-refractivity contribution < 1.29 is 43.0 Å². The van der Waals surface area contributed by atoms with E-state index in [9.17, 15) is 21.2 Å². The summed E-state index contributed by atoms with van der Waals surface area (Å²) in [4.78, 5) is 4.99. The minimum Gasteiger partial charge on any atom is -0.285 e. The van der Waals surface area contributed by atoms with Crippen molar-refractivity contribution in [2.75, 3.05) is 31.3 Å². The molecule has 0 unspecified atom stereocenters. The molecular weight excluding hydrogens is 535 g/mol. The van der Waals surface area contributed by atoms with Gasteiger partial charge in [-0.2, -0.15) is 16.8 Å². The molecule has 1 aliphatic rings. The first kappa shape index (κ1) is 31.4. The lowest BCUT2D eigenvalue weighted by molar-refractivity contribution is -0.197. The van der Waals surface area contributed by atoms with Gasteiger partial charge in [-0.25, -0.2) is 9.28 Å². The molecule has 0 amide bonds. The molecule has 0 N–H and O–H groups in total. The standard InChI is InChI=1S/C23H37FO9S3/c1-4-13-29-33-34-32-22-12-9-19(16-30-35(25,26)14-5-2)21(17-31-36(27,28)15-6-3)23(22)18-7-10-20(24)11-8-18/h7-8,10-11,19,21-23H,4-6,9,12-17H2,1-3H3/t19-,21-,22+,23+/m1/s1. The maximum Gasteiger partial charge on any atom is 0.267 e. The van der Waals surface area contributed by atoms with Crippen molar-refractivity contribution in [3.05, 3.63) is 35.6 Å². The summed E-state index contributed by atoms with van der Waals surface area (Å²) >= 11 is 0.678. The van der Waals surface area contributed by atoms with E-state index in [1.807, 2.05) is 6.92 Å². The second kappa shape index (κ2) is 15.6. The van der Waals surface area contributed by atoms with Crippen LogP contribution in [0.2, 0.25) is 0 Å². The van der Waals surface area contributed by atoms with E-state index in [1.165, 1.54) is 12.1 Å². The molecule has 208 valence electrons. The normalized spacial score (nSPS) is 23.1. The van der Waals surface area contributed by atoms with Crippen molar-refractivity contribution in [3.63, 3.8) is 0 Å². The van der Waals surface area contributed by atoms with E-state index in [1.54, 1.807) is 26.0 Å². The van der Waals surface area contributed by atoms with Crippen LogP contribution in [0, 0.1) is 17.7 Å². The minimum absolute atomic E-state index is 0.107. The van der Waals surface area contributed by atoms with Gasteiger partial charge in [-0.15, -0.1) is 4.33 Å². The third-order valence-electron chi connectivity index (χ3n) is 5.88. The number of hydrogen-bond donors (Lipinski definition) is 0. The highest BCUT2D eigenvalue weighted by molar-refractivity contribution is 7.89. The molecule has 0 aliphatic heterocycles. The van der Waals surface area contributed by atoms with Crippen LogP contribution in [0.4, 0.5) is 4.39 Å². The molecule has 1 aromatic carbocycles. The Morgan fingerprint density at radius 3 is 2.08 bits per heavy atom. The molecule has 0 saturated heterocycles. The van der Waals surface area contributed by atoms with Gasteiger partial charge in [0.25, 0.3) is 20.2 Å². The lowest BCUT2D eigenvalue weighted by atomic mass is 9.68. The topological polar surface area (TPSA) is 114 Å². The summed E-state index contributed by atoms with van der Waals surface area (Å²) in [5.74, 6) is -1.93. The SMILES string of the molecule is CCCOOSO[C@H]1CC[C@H](COS(=O)(=O)CCC)[C@@H](COS(=O)(=O)CCC)[C@@H]1c1ccc(F)cc1. The van der Waals surface area contributed by atoms with Crippen molar-refractivity contribution in [1.29, 1.82) is 0 Å². The van der Waals surface area contributed by atoms with Gasteiger partial charge in [0.2, 0.25) is 0 Å². The fraction of sp³-hybridized carbons (Fsp3) is 0.739. The number of hydrogen-bond acceptors (Lipinski definition) is 10. The van der Waals surface area contributed by atoms with Crippen LogP contribution in [0.25, 0.3) is 0 Å². The zero-order valence-corrected chi connectivity index (χ0v) is 23.4. The van der Waals surface area contributed by atoms with Crippen LogP contribution >= 0.6 is 12.3 Å². The predicted octanol–water partition coefficient (Wildman–Crippen LogP) is 4.75. The molecule has 1 aromatic rings. The molecule has 2 rings (SSSR count). The Bertz CT molecular complexity index is 971. The Hall–Kier alpha value is -0.800. The zero-order chi connectivity index (χ0) is 26.6. The molecule has 1 saturated carbocycles. The number of benzene rings is 1. The van der Waals surface area contributed by atoms with E-state index in [2.05, 4.69) is 0 Å². The molecule has 9 nitrogen and oxygen atoms in total. The third-order valence-corrected chi connectivity index (χ3v) is 9.16. The van der Waals surface area contributed by atoms with E-state index in [4.69, 9.17) is 21.8 Å². The Balaban J connectivity index is 2.32. The van der Waals surface area contributed by atoms with Gasteiger partial charge >= 0.3 is 0 Å². The largest absolute Gasteiger partial charge is 0.285 e. The van der Waals surface area contributed by atoms with Crippen molar-refractivity contribution in [2.24, 2.45) is 11.8 Å². The van der Waals surface area contributed by atoms with Gasteiger partial charge < -0.3 is 0 Å². The first-order chi connectivity index (χ1) is 17.1. The van der Waals surface area contributed by atoms with Crippen molar-refractivity contribution in [2.45, 2.75) is 64.9 Å². The highest BCUT2D eigenvalue weighted by Crippen LogP contribution is 2.45. The van der Waals surface area contributed by atoms with Crippen LogP contribution < -0.4 is 0 Å². The molecule has 1 fully saturated rings. The fourth-order valence-corrected chi connectivity index (χ4v) is 6.68. The monoisotopic (exact) mass is 572 g/mol. The van der Waals surface area contributed by atoms with Gasteiger partial charge in [0.05, 0.1) is 37.4 Å². The number of rotatable bonds is 17. The summed E-state index contributed by atoms with van der Waals surface area (Å²) < 4.78 is 84.4. The summed E-state index contributed by atoms with van der Waals surface area (Å²) in [5.41, 5.74) is 0.707. The predicted molar refractivity (Wildman–Crippen MR) is 135 cm³/mol. The molecule has 0 spiro atoms. The summed E-state index contributed by atoms with van der Waals surface area (Å²) in [5, 5.41) is 0. The van der Waals surface area contributed by atoms with Gasteiger partial charge in [0.15, 0.2) is 12.3 Å². The van der Waals surface area contributed by atoms with Gasteiger partial charge in [-0.3, -0.25) is 12.5 Å². The zero-order valence-electron chi connectivity index (χ0n) is 21.0. The summed E-state index contributed by atoms with van der Waals surface area (Å²) in [6.45, 7) is 5.50. The molecule has 36 heavy (non-hydrogen) atoms. The van der Waals surface area contributed by atoms with Gasteiger partial charge in [0, 0.05) is 5.92 Å². The molecule has 0 bridgehead atoms. The van der Waals surface area contributed by atoms with E-state index in [0.717, 1.165) is 6.42 Å². The molecule has 4 atom stereocenters. The van der Waals surface area contributed by atoms with Gasteiger partial charge in [-0.05, 0) is 61.6 Å². The van der Waals surface area contributed by atoms with Crippen LogP contribution in [0.3, 0.4) is 0 Å². The second-order valence-corrected chi connectivity index (χ2v) is 12.7. The highest BCUT2D eigenvalue weighted by Gasteiger charge is 2.43. The molecular formula is C23H37FO9S3. The molecule has 0 aromatic heterocycles. The van der Waals surface area contributed by atoms with Gasteiger partial charge in [0.1, 0.15) is 5.82 Å². The Kier molecular flexibility index (Phi) is 13.6. The van der Waals surface area contributed by atoms with Crippen LogP contribution in [-0.4, -0.2) is 54.3 Å². The van der Waals surface area contributed by atoms with Crippen LogP contribution in [-0.2, 0) is 42.0 Å². The Morgan fingerprint density at radius 1 is 0.889 bits per heavy atom. The fourth-order valence-electron chi connectivity index (χ4n) is 4.24. The Morgan fingerprint density at radius 2 is 1.50 bits per heavy atom. The summed E-state index contributed by atoms with van der Waals surface area (Å²) in [7, 11) is -7.48.